The zero-order chi connectivity index (χ0) is 20.8. The first-order chi connectivity index (χ1) is 13.8. The van der Waals surface area contributed by atoms with Gasteiger partial charge in [0.15, 0.2) is 0 Å². The Labute approximate surface area is 174 Å². The number of carbonyl (C=O) groups is 1. The van der Waals surface area contributed by atoms with E-state index in [4.69, 9.17) is 4.74 Å². The van der Waals surface area contributed by atoms with Crippen LogP contribution in [0.25, 0.3) is 10.9 Å². The predicted octanol–water partition coefficient (Wildman–Crippen LogP) is 4.74. The van der Waals surface area contributed by atoms with Crippen LogP contribution in [-0.4, -0.2) is 41.7 Å². The zero-order valence-electron chi connectivity index (χ0n) is 17.6. The van der Waals surface area contributed by atoms with Gasteiger partial charge in [-0.15, -0.1) is 4.41 Å². The number of pyridine rings is 1. The van der Waals surface area contributed by atoms with Gasteiger partial charge < -0.3 is 4.74 Å². The molecule has 1 aliphatic carbocycles. The molecule has 7 heteroatoms. The summed E-state index contributed by atoms with van der Waals surface area (Å²) in [5.41, 5.74) is 1.85. The summed E-state index contributed by atoms with van der Waals surface area (Å²) in [6, 6.07) is 10.4. The largest absolute Gasteiger partial charge is 0.449 e. The number of benzene rings is 1. The quantitative estimate of drug-likeness (QED) is 0.679. The summed E-state index contributed by atoms with van der Waals surface area (Å²) >= 11 is 0. The fourth-order valence-electron chi connectivity index (χ4n) is 4.44. The van der Waals surface area contributed by atoms with E-state index >= 15 is 0 Å². The molecule has 2 atom stereocenters. The fraction of sp³-hybridized carbons (Fsp3) is 0.545. The molecule has 2 aromatic rings. The fourth-order valence-corrected chi connectivity index (χ4v) is 5.86. The number of hydrazine groups is 1. The minimum atomic E-state index is -1.30. The van der Waals surface area contributed by atoms with Gasteiger partial charge in [-0.2, -0.15) is 0 Å². The van der Waals surface area contributed by atoms with Crippen LogP contribution in [-0.2, 0) is 15.7 Å². The summed E-state index contributed by atoms with van der Waals surface area (Å²) in [5, 5.41) is 2.81. The standard InChI is InChI=1S/C22H29N3O3S/c1-5-28-20(26)24-22(25(24)29(27)21(2,3)4)13-10-16(11-14-22)17-12-15-23-19-9-7-6-8-18(17)19/h6-9,12,15-16H,5,10-11,13-14H2,1-4H3. The molecule has 1 aromatic heterocycles. The van der Waals surface area contributed by atoms with Crippen molar-refractivity contribution in [1.29, 1.82) is 0 Å². The van der Waals surface area contributed by atoms with Gasteiger partial charge >= 0.3 is 6.09 Å². The van der Waals surface area contributed by atoms with Crippen LogP contribution in [0, 0.1) is 0 Å². The van der Waals surface area contributed by atoms with E-state index in [0.717, 1.165) is 31.2 Å². The first-order valence-electron chi connectivity index (χ1n) is 10.3. The van der Waals surface area contributed by atoms with Crippen molar-refractivity contribution in [3.8, 4) is 0 Å². The highest BCUT2D eigenvalue weighted by atomic mass is 32.2. The van der Waals surface area contributed by atoms with Crippen LogP contribution >= 0.6 is 0 Å². The molecule has 29 heavy (non-hydrogen) atoms. The first-order valence-corrected chi connectivity index (χ1v) is 11.4. The van der Waals surface area contributed by atoms with Crippen molar-refractivity contribution in [3.05, 3.63) is 42.1 Å². The van der Waals surface area contributed by atoms with Crippen LogP contribution < -0.4 is 0 Å². The second-order valence-electron chi connectivity index (χ2n) is 8.82. The third-order valence-electron chi connectivity index (χ3n) is 5.92. The van der Waals surface area contributed by atoms with Crippen molar-refractivity contribution < 1.29 is 13.7 Å². The maximum Gasteiger partial charge on any atom is 0.427 e. The highest BCUT2D eigenvalue weighted by Crippen LogP contribution is 2.55. The number of para-hydroxylation sites is 1. The zero-order valence-corrected chi connectivity index (χ0v) is 18.4. The lowest BCUT2D eigenvalue weighted by molar-refractivity contribution is 0.120. The predicted molar refractivity (Wildman–Crippen MR) is 114 cm³/mol. The molecule has 1 amide bonds. The van der Waals surface area contributed by atoms with Gasteiger partial charge in [-0.3, -0.25) is 4.98 Å². The maximum absolute atomic E-state index is 13.1. The van der Waals surface area contributed by atoms with E-state index in [1.54, 1.807) is 16.3 Å². The molecule has 2 aliphatic rings. The third kappa shape index (κ3) is 3.44. The minimum Gasteiger partial charge on any atom is -0.449 e. The number of hydrogen-bond donors (Lipinski definition) is 0. The van der Waals surface area contributed by atoms with E-state index in [2.05, 4.69) is 23.2 Å². The van der Waals surface area contributed by atoms with Gasteiger partial charge in [0.25, 0.3) is 0 Å². The molecular formula is C22H29N3O3S. The van der Waals surface area contributed by atoms with Crippen LogP contribution in [0.5, 0.6) is 0 Å². The normalized spacial score (nSPS) is 27.8. The molecule has 2 unspecified atom stereocenters. The van der Waals surface area contributed by atoms with Gasteiger partial charge in [-0.25, -0.2) is 14.0 Å². The molecule has 156 valence electrons. The lowest BCUT2D eigenvalue weighted by Crippen LogP contribution is -2.33. The molecule has 0 radical (unpaired) electrons. The van der Waals surface area contributed by atoms with E-state index in [-0.39, 0.29) is 0 Å². The molecule has 0 bridgehead atoms. The van der Waals surface area contributed by atoms with Gasteiger partial charge in [0.05, 0.1) is 16.9 Å². The number of nitrogens with zero attached hydrogens (tertiary/aromatic N) is 3. The van der Waals surface area contributed by atoms with Crippen molar-refractivity contribution in [3.63, 3.8) is 0 Å². The highest BCUT2D eigenvalue weighted by molar-refractivity contribution is 7.84. The molecule has 1 saturated carbocycles. The van der Waals surface area contributed by atoms with Crippen molar-refractivity contribution in [2.45, 2.75) is 69.7 Å². The summed E-state index contributed by atoms with van der Waals surface area (Å²) in [6.07, 6.45) is 4.93. The van der Waals surface area contributed by atoms with E-state index in [0.29, 0.717) is 12.5 Å². The lowest BCUT2D eigenvalue weighted by Gasteiger charge is -2.29. The molecule has 1 spiro atoms. The molecule has 6 nitrogen and oxygen atoms in total. The molecule has 2 fully saturated rings. The Bertz CT molecular complexity index is 942. The Morgan fingerprint density at radius 1 is 1.24 bits per heavy atom. The monoisotopic (exact) mass is 415 g/mol. The maximum atomic E-state index is 13.1. The van der Waals surface area contributed by atoms with Crippen LogP contribution in [0.2, 0.25) is 0 Å². The van der Waals surface area contributed by atoms with Crippen molar-refractivity contribution in [2.75, 3.05) is 6.61 Å². The van der Waals surface area contributed by atoms with Crippen molar-refractivity contribution >= 4 is 28.0 Å². The van der Waals surface area contributed by atoms with E-state index in [1.165, 1.54) is 10.9 Å². The summed E-state index contributed by atoms with van der Waals surface area (Å²) in [5.74, 6) is 0.406. The molecule has 4 rings (SSSR count). The SMILES string of the molecule is CCOC(=O)N1N(S(=O)C(C)(C)C)C12CCC(c1ccnc3ccccc13)CC2. The van der Waals surface area contributed by atoms with Crippen LogP contribution in [0.15, 0.2) is 36.5 Å². The van der Waals surface area contributed by atoms with Gasteiger partial charge in [0, 0.05) is 11.6 Å². The van der Waals surface area contributed by atoms with Crippen molar-refractivity contribution in [1.82, 2.24) is 14.4 Å². The second kappa shape index (κ2) is 7.36. The third-order valence-corrected chi connectivity index (χ3v) is 7.79. The second-order valence-corrected chi connectivity index (χ2v) is 10.9. The summed E-state index contributed by atoms with van der Waals surface area (Å²) in [7, 11) is -1.30. The number of rotatable bonds is 3. The van der Waals surface area contributed by atoms with Gasteiger partial charge in [0.1, 0.15) is 16.6 Å². The molecule has 1 saturated heterocycles. The molecule has 1 aliphatic heterocycles. The van der Waals surface area contributed by atoms with E-state index < -0.39 is 27.5 Å². The van der Waals surface area contributed by atoms with Crippen LogP contribution in [0.3, 0.4) is 0 Å². The Balaban J connectivity index is 1.57. The molecule has 1 aromatic carbocycles. The molecule has 2 heterocycles. The van der Waals surface area contributed by atoms with E-state index in [1.807, 2.05) is 39.1 Å². The minimum absolute atomic E-state index is 0.313. The van der Waals surface area contributed by atoms with E-state index in [9.17, 15) is 9.00 Å². The summed E-state index contributed by atoms with van der Waals surface area (Å²) in [4.78, 5) is 17.0. The molecular weight excluding hydrogens is 386 g/mol. The van der Waals surface area contributed by atoms with Crippen molar-refractivity contribution in [2.24, 2.45) is 0 Å². The average molecular weight is 416 g/mol. The Morgan fingerprint density at radius 3 is 2.59 bits per heavy atom. The Kier molecular flexibility index (Phi) is 5.15. The summed E-state index contributed by atoms with van der Waals surface area (Å²) in [6.45, 7) is 7.92. The van der Waals surface area contributed by atoms with Gasteiger partial charge in [0.2, 0.25) is 0 Å². The topological polar surface area (TPSA) is 62.3 Å². The number of amides is 1. The smallest absolute Gasteiger partial charge is 0.427 e. The van der Waals surface area contributed by atoms with Gasteiger partial charge in [-0.05, 0) is 77.0 Å². The first kappa shape index (κ1) is 20.3. The highest BCUT2D eigenvalue weighted by Gasteiger charge is 2.69. The average Bonchev–Trinajstić information content (AvgIpc) is 3.34. The number of hydrogen-bond acceptors (Lipinski definition) is 4. The van der Waals surface area contributed by atoms with Crippen LogP contribution in [0.4, 0.5) is 4.79 Å². The lowest BCUT2D eigenvalue weighted by atomic mass is 9.79. The number of ether oxygens (including phenoxy) is 1. The Hall–Kier alpha value is -1.99. The number of aromatic nitrogens is 1. The van der Waals surface area contributed by atoms with Gasteiger partial charge in [-0.1, -0.05) is 18.2 Å². The number of fused-ring (bicyclic) bond motifs is 1. The Morgan fingerprint density at radius 2 is 1.93 bits per heavy atom. The summed E-state index contributed by atoms with van der Waals surface area (Å²) < 4.78 is 19.7. The molecule has 0 N–H and O–H groups in total. The number of carbonyl (C=O) groups excluding carboxylic acids is 1. The van der Waals surface area contributed by atoms with Crippen LogP contribution in [0.1, 0.15) is 64.9 Å².